The maximum absolute atomic E-state index is 10.3. The van der Waals surface area contributed by atoms with Crippen LogP contribution in [0.5, 0.6) is 0 Å². The quantitative estimate of drug-likeness (QED) is 0.734. The molecule has 0 bridgehead atoms. The summed E-state index contributed by atoms with van der Waals surface area (Å²) in [6.45, 7) is 3.09. The molecule has 3 N–H and O–H groups in total. The Bertz CT molecular complexity index is 364. The topological polar surface area (TPSA) is 57.2 Å². The molecule has 1 aliphatic heterocycles. The van der Waals surface area contributed by atoms with E-state index in [0.29, 0.717) is 13.1 Å². The Hall–Kier alpha value is -0.140. The molecule has 2 heterocycles. The predicted octanol–water partition coefficient (Wildman–Crippen LogP) is 1.21. The summed E-state index contributed by atoms with van der Waals surface area (Å²) >= 11 is 3.51. The second-order valence-electron chi connectivity index (χ2n) is 4.77. The fourth-order valence-electron chi connectivity index (χ4n) is 2.15. The molecular weight excluding hydrogens is 266 g/mol. The van der Waals surface area contributed by atoms with Crippen LogP contribution in [0.1, 0.15) is 23.5 Å². The van der Waals surface area contributed by atoms with E-state index in [0.717, 1.165) is 37.4 Å². The molecule has 1 fully saturated rings. The van der Waals surface area contributed by atoms with Crippen molar-refractivity contribution < 1.29 is 5.11 Å². The van der Waals surface area contributed by atoms with Gasteiger partial charge in [-0.15, -0.1) is 11.3 Å². The highest BCUT2D eigenvalue weighted by molar-refractivity contribution is 7.97. The molecule has 102 valence electrons. The fourth-order valence-corrected chi connectivity index (χ4v) is 3.66. The zero-order chi connectivity index (χ0) is 12.8. The molecule has 0 unspecified atom stereocenters. The van der Waals surface area contributed by atoms with Crippen LogP contribution in [0.3, 0.4) is 0 Å². The first kappa shape index (κ1) is 14.3. The largest absolute Gasteiger partial charge is 0.387 e. The van der Waals surface area contributed by atoms with Gasteiger partial charge in [0.05, 0.1) is 11.3 Å². The number of β-amino-alcohol motifs (C(OH)–C–C–N with tert-alkyl or cyclic N) is 1. The predicted molar refractivity (Wildman–Crippen MR) is 78.1 cm³/mol. The third-order valence-electron chi connectivity index (χ3n) is 3.08. The first-order valence-electron chi connectivity index (χ1n) is 6.28. The maximum Gasteiger partial charge on any atom is 0.103 e. The van der Waals surface area contributed by atoms with Crippen LogP contribution >= 0.6 is 23.1 Å². The van der Waals surface area contributed by atoms with Crippen molar-refractivity contribution in [3.63, 3.8) is 0 Å². The molecule has 1 atom stereocenters. The molecule has 1 aromatic rings. The van der Waals surface area contributed by atoms with Crippen LogP contribution in [0.15, 0.2) is 5.38 Å². The third kappa shape index (κ3) is 4.20. The molecule has 0 spiro atoms. The second kappa shape index (κ2) is 6.86. The minimum Gasteiger partial charge on any atom is -0.387 e. The van der Waals surface area contributed by atoms with Crippen molar-refractivity contribution in [1.29, 1.82) is 0 Å². The van der Waals surface area contributed by atoms with Gasteiger partial charge in [0.1, 0.15) is 5.01 Å². The number of thiazole rings is 1. The summed E-state index contributed by atoms with van der Waals surface area (Å²) in [5, 5.41) is 20.1. The lowest BCUT2D eigenvalue weighted by Crippen LogP contribution is -2.51. The molecule has 0 aliphatic carbocycles. The van der Waals surface area contributed by atoms with Crippen LogP contribution in [0.2, 0.25) is 0 Å². The Balaban J connectivity index is 1.73. The lowest BCUT2D eigenvalue weighted by atomic mass is 9.94. The molecule has 0 radical (unpaired) electrons. The normalized spacial score (nSPS) is 24.3. The molecule has 1 saturated heterocycles. The molecular formula is C12H21N3OS2. The number of nitrogens with zero attached hydrogens (tertiary/aromatic N) is 1. The van der Waals surface area contributed by atoms with Crippen LogP contribution in [0, 0.1) is 0 Å². The summed E-state index contributed by atoms with van der Waals surface area (Å²) in [4.78, 5) is 4.54. The zero-order valence-electron chi connectivity index (χ0n) is 10.7. The Labute approximate surface area is 117 Å². The van der Waals surface area contributed by atoms with E-state index in [-0.39, 0.29) is 0 Å². The van der Waals surface area contributed by atoms with Crippen molar-refractivity contribution in [1.82, 2.24) is 15.6 Å². The van der Waals surface area contributed by atoms with Crippen molar-refractivity contribution >= 4 is 23.1 Å². The van der Waals surface area contributed by atoms with Crippen molar-refractivity contribution in [2.75, 3.05) is 25.9 Å². The Morgan fingerprint density at radius 3 is 3.28 bits per heavy atom. The molecule has 6 heteroatoms. The summed E-state index contributed by atoms with van der Waals surface area (Å²) in [5.74, 6) is 0.985. The van der Waals surface area contributed by atoms with Crippen molar-refractivity contribution in [3.05, 3.63) is 16.1 Å². The summed E-state index contributed by atoms with van der Waals surface area (Å²) in [5.41, 5.74) is 0.493. The lowest BCUT2D eigenvalue weighted by Gasteiger charge is -2.32. The standard InChI is InChI=1S/C12H21N3OS2/c1-17-7-11-15-10(6-18-11)5-14-9-12(16)3-2-4-13-8-12/h6,13-14,16H,2-5,7-9H2,1H3/t12-/m0/s1. The van der Waals surface area contributed by atoms with E-state index in [1.54, 1.807) is 23.1 Å². The van der Waals surface area contributed by atoms with Crippen LogP contribution in [0.4, 0.5) is 0 Å². The number of piperidine rings is 1. The van der Waals surface area contributed by atoms with Crippen molar-refractivity contribution in [3.8, 4) is 0 Å². The molecule has 2 rings (SSSR count). The number of rotatable bonds is 6. The molecule has 18 heavy (non-hydrogen) atoms. The van der Waals surface area contributed by atoms with Crippen LogP contribution < -0.4 is 10.6 Å². The van der Waals surface area contributed by atoms with Gasteiger partial charge in [0, 0.05) is 30.8 Å². The van der Waals surface area contributed by atoms with Gasteiger partial charge in [-0.3, -0.25) is 0 Å². The highest BCUT2D eigenvalue weighted by Crippen LogP contribution is 2.16. The van der Waals surface area contributed by atoms with Gasteiger partial charge in [-0.1, -0.05) is 0 Å². The van der Waals surface area contributed by atoms with Gasteiger partial charge in [0.15, 0.2) is 0 Å². The third-order valence-corrected chi connectivity index (χ3v) is 4.72. The molecule has 0 aromatic carbocycles. The SMILES string of the molecule is CSCc1nc(CNC[C@]2(O)CCCNC2)cs1. The van der Waals surface area contributed by atoms with E-state index in [1.165, 1.54) is 5.01 Å². The fraction of sp³-hybridized carbons (Fsp3) is 0.750. The maximum atomic E-state index is 10.3. The summed E-state index contributed by atoms with van der Waals surface area (Å²) < 4.78 is 0. The average Bonchev–Trinajstić information content (AvgIpc) is 2.78. The van der Waals surface area contributed by atoms with Crippen LogP contribution in [0.25, 0.3) is 0 Å². The lowest BCUT2D eigenvalue weighted by molar-refractivity contribution is 0.0168. The van der Waals surface area contributed by atoms with E-state index in [1.807, 2.05) is 0 Å². The van der Waals surface area contributed by atoms with Crippen molar-refractivity contribution in [2.24, 2.45) is 0 Å². The number of aromatic nitrogens is 1. The van der Waals surface area contributed by atoms with Gasteiger partial charge in [-0.05, 0) is 25.6 Å². The highest BCUT2D eigenvalue weighted by atomic mass is 32.2. The van der Waals surface area contributed by atoms with E-state index >= 15 is 0 Å². The molecule has 1 aliphatic rings. The number of aliphatic hydroxyl groups is 1. The first-order chi connectivity index (χ1) is 8.72. The number of thioether (sulfide) groups is 1. The van der Waals surface area contributed by atoms with Crippen molar-refractivity contribution in [2.45, 2.75) is 30.7 Å². The van der Waals surface area contributed by atoms with Crippen LogP contribution in [-0.2, 0) is 12.3 Å². The van der Waals surface area contributed by atoms with Crippen LogP contribution in [-0.4, -0.2) is 41.6 Å². The zero-order valence-corrected chi connectivity index (χ0v) is 12.4. The number of nitrogens with one attached hydrogen (secondary N) is 2. The molecule has 1 aromatic heterocycles. The molecule has 4 nitrogen and oxygen atoms in total. The summed E-state index contributed by atoms with van der Waals surface area (Å²) in [7, 11) is 0. The van der Waals surface area contributed by atoms with Gasteiger partial charge in [-0.25, -0.2) is 4.98 Å². The Morgan fingerprint density at radius 1 is 1.67 bits per heavy atom. The smallest absolute Gasteiger partial charge is 0.103 e. The van der Waals surface area contributed by atoms with Gasteiger partial charge in [-0.2, -0.15) is 11.8 Å². The second-order valence-corrected chi connectivity index (χ2v) is 6.58. The highest BCUT2D eigenvalue weighted by Gasteiger charge is 2.28. The summed E-state index contributed by atoms with van der Waals surface area (Å²) in [6, 6.07) is 0. The van der Waals surface area contributed by atoms with Gasteiger partial charge >= 0.3 is 0 Å². The minimum atomic E-state index is -0.587. The Kier molecular flexibility index (Phi) is 5.44. The van der Waals surface area contributed by atoms with E-state index < -0.39 is 5.60 Å². The first-order valence-corrected chi connectivity index (χ1v) is 8.55. The van der Waals surface area contributed by atoms with Gasteiger partial charge in [0.2, 0.25) is 0 Å². The number of hydrogen-bond donors (Lipinski definition) is 3. The van der Waals surface area contributed by atoms with E-state index in [4.69, 9.17) is 0 Å². The minimum absolute atomic E-state index is 0.587. The van der Waals surface area contributed by atoms with E-state index in [2.05, 4.69) is 27.3 Å². The summed E-state index contributed by atoms with van der Waals surface area (Å²) in [6.07, 6.45) is 4.01. The van der Waals surface area contributed by atoms with Gasteiger partial charge < -0.3 is 15.7 Å². The Morgan fingerprint density at radius 2 is 2.56 bits per heavy atom. The monoisotopic (exact) mass is 287 g/mol. The van der Waals surface area contributed by atoms with Gasteiger partial charge in [0.25, 0.3) is 0 Å². The molecule has 0 saturated carbocycles. The average molecular weight is 287 g/mol. The van der Waals surface area contributed by atoms with E-state index in [9.17, 15) is 5.11 Å². The number of hydrogen-bond acceptors (Lipinski definition) is 6. The molecule has 0 amide bonds.